The second-order valence-electron chi connectivity index (χ2n) is 4.64. The van der Waals surface area contributed by atoms with Gasteiger partial charge in [0.1, 0.15) is 11.4 Å². The fraction of sp³-hybridized carbons (Fsp3) is 0.125. The van der Waals surface area contributed by atoms with E-state index in [-0.39, 0.29) is 5.88 Å². The molecule has 3 rings (SSSR count). The highest BCUT2D eigenvalue weighted by molar-refractivity contribution is 6.30. The maximum atomic E-state index is 6.10. The minimum atomic E-state index is 0.276. The minimum Gasteiger partial charge on any atom is -0.497 e. The highest BCUT2D eigenvalue weighted by Gasteiger charge is 2.16. The van der Waals surface area contributed by atoms with Gasteiger partial charge >= 0.3 is 0 Å². The summed E-state index contributed by atoms with van der Waals surface area (Å²) in [5.41, 5.74) is 3.34. The summed E-state index contributed by atoms with van der Waals surface area (Å²) in [6, 6.07) is 15.1. The van der Waals surface area contributed by atoms with E-state index in [1.54, 1.807) is 11.8 Å². The summed E-state index contributed by atoms with van der Waals surface area (Å²) in [5.74, 6) is 1.06. The summed E-state index contributed by atoms with van der Waals surface area (Å²) in [4.78, 5) is 0. The zero-order chi connectivity index (χ0) is 15.5. The largest absolute Gasteiger partial charge is 0.497 e. The summed E-state index contributed by atoms with van der Waals surface area (Å²) in [6.07, 6.45) is 0. The van der Waals surface area contributed by atoms with E-state index in [0.29, 0.717) is 10.7 Å². The first-order chi connectivity index (χ1) is 10.7. The molecule has 0 atom stereocenters. The molecule has 0 aliphatic carbocycles. The zero-order valence-corrected chi connectivity index (χ0v) is 13.3. The van der Waals surface area contributed by atoms with E-state index in [2.05, 4.69) is 10.3 Å². The van der Waals surface area contributed by atoms with Gasteiger partial charge in [-0.15, -0.1) is 16.7 Å². The van der Waals surface area contributed by atoms with Crippen LogP contribution >= 0.6 is 23.2 Å². The van der Waals surface area contributed by atoms with E-state index in [4.69, 9.17) is 27.9 Å². The van der Waals surface area contributed by atoms with Crippen LogP contribution in [0.5, 0.6) is 5.75 Å². The lowest BCUT2D eigenvalue weighted by Gasteiger charge is -2.09. The molecular formula is C16H13Cl2N3O. The Bertz CT molecular complexity index is 784. The molecular weight excluding hydrogens is 321 g/mol. The Morgan fingerprint density at radius 1 is 1.14 bits per heavy atom. The van der Waals surface area contributed by atoms with Crippen LogP contribution in [0.4, 0.5) is 0 Å². The Labute approximate surface area is 138 Å². The van der Waals surface area contributed by atoms with Crippen LogP contribution in [-0.4, -0.2) is 22.1 Å². The molecule has 0 spiro atoms. The Balaban J connectivity index is 2.14. The molecule has 0 radical (unpaired) electrons. The van der Waals surface area contributed by atoms with Gasteiger partial charge in [-0.1, -0.05) is 28.9 Å². The zero-order valence-electron chi connectivity index (χ0n) is 11.8. The van der Waals surface area contributed by atoms with Crippen molar-refractivity contribution in [3.63, 3.8) is 0 Å². The van der Waals surface area contributed by atoms with Crippen LogP contribution in [0.1, 0.15) is 5.69 Å². The van der Waals surface area contributed by atoms with Crippen molar-refractivity contribution in [2.24, 2.45) is 0 Å². The number of nitrogens with zero attached hydrogens (tertiary/aromatic N) is 3. The average molecular weight is 334 g/mol. The van der Waals surface area contributed by atoms with Gasteiger partial charge in [-0.2, -0.15) is 0 Å². The lowest BCUT2D eigenvalue weighted by Crippen LogP contribution is -2.00. The number of hydrogen-bond acceptors (Lipinski definition) is 3. The molecule has 0 unspecified atom stereocenters. The van der Waals surface area contributed by atoms with E-state index in [9.17, 15) is 0 Å². The predicted molar refractivity (Wildman–Crippen MR) is 87.9 cm³/mol. The van der Waals surface area contributed by atoms with Gasteiger partial charge in [0.15, 0.2) is 0 Å². The van der Waals surface area contributed by atoms with Crippen molar-refractivity contribution in [2.75, 3.05) is 7.11 Å². The van der Waals surface area contributed by atoms with Gasteiger partial charge < -0.3 is 4.74 Å². The van der Waals surface area contributed by atoms with Crippen LogP contribution in [0.2, 0.25) is 5.02 Å². The van der Waals surface area contributed by atoms with Crippen LogP contribution in [0.15, 0.2) is 48.5 Å². The Morgan fingerprint density at radius 3 is 2.55 bits per heavy atom. The van der Waals surface area contributed by atoms with E-state index in [1.807, 2.05) is 48.5 Å². The minimum absolute atomic E-state index is 0.276. The molecule has 0 fully saturated rings. The topological polar surface area (TPSA) is 39.9 Å². The number of methoxy groups -OCH3 is 1. The molecule has 1 aromatic heterocycles. The van der Waals surface area contributed by atoms with E-state index < -0.39 is 0 Å². The van der Waals surface area contributed by atoms with Gasteiger partial charge in [-0.3, -0.25) is 0 Å². The second kappa shape index (κ2) is 6.38. The first kappa shape index (κ1) is 14.9. The SMILES string of the molecule is COc1ccc(-n2nnc(CCl)c2-c2cccc(Cl)c2)cc1. The molecule has 0 N–H and O–H groups in total. The summed E-state index contributed by atoms with van der Waals surface area (Å²) in [7, 11) is 1.63. The van der Waals surface area contributed by atoms with E-state index in [1.165, 1.54) is 0 Å². The number of aromatic nitrogens is 3. The Hall–Kier alpha value is -2.04. The fourth-order valence-electron chi connectivity index (χ4n) is 2.23. The van der Waals surface area contributed by atoms with Gasteiger partial charge in [0.05, 0.1) is 24.4 Å². The number of benzene rings is 2. The van der Waals surface area contributed by atoms with Crippen molar-refractivity contribution < 1.29 is 4.74 Å². The lowest BCUT2D eigenvalue weighted by atomic mass is 10.1. The normalized spacial score (nSPS) is 10.7. The van der Waals surface area contributed by atoms with Gasteiger partial charge in [0, 0.05) is 10.6 Å². The van der Waals surface area contributed by atoms with Crippen molar-refractivity contribution in [3.8, 4) is 22.7 Å². The van der Waals surface area contributed by atoms with Crippen molar-refractivity contribution in [3.05, 3.63) is 59.2 Å². The van der Waals surface area contributed by atoms with Crippen LogP contribution in [0.25, 0.3) is 16.9 Å². The molecule has 0 aliphatic heterocycles. The third-order valence-electron chi connectivity index (χ3n) is 3.28. The molecule has 0 aliphatic rings. The van der Waals surface area contributed by atoms with Crippen molar-refractivity contribution in [2.45, 2.75) is 5.88 Å². The lowest BCUT2D eigenvalue weighted by molar-refractivity contribution is 0.414. The van der Waals surface area contributed by atoms with Gasteiger partial charge in [-0.05, 0) is 36.4 Å². The molecule has 0 bridgehead atoms. The highest BCUT2D eigenvalue weighted by Crippen LogP contribution is 2.28. The number of ether oxygens (including phenoxy) is 1. The molecule has 112 valence electrons. The molecule has 0 saturated carbocycles. The fourth-order valence-corrected chi connectivity index (χ4v) is 2.60. The molecule has 3 aromatic rings. The monoisotopic (exact) mass is 333 g/mol. The predicted octanol–water partition coefficient (Wildman–Crippen LogP) is 4.34. The third-order valence-corrected chi connectivity index (χ3v) is 3.77. The average Bonchev–Trinajstić information content (AvgIpc) is 2.99. The molecule has 0 saturated heterocycles. The van der Waals surface area contributed by atoms with Crippen LogP contribution in [-0.2, 0) is 5.88 Å². The highest BCUT2D eigenvalue weighted by atomic mass is 35.5. The van der Waals surface area contributed by atoms with Crippen molar-refractivity contribution in [1.82, 2.24) is 15.0 Å². The molecule has 4 nitrogen and oxygen atoms in total. The first-order valence-corrected chi connectivity index (χ1v) is 7.55. The van der Waals surface area contributed by atoms with E-state index in [0.717, 1.165) is 22.7 Å². The van der Waals surface area contributed by atoms with E-state index >= 15 is 0 Å². The van der Waals surface area contributed by atoms with Gasteiger partial charge in [0.2, 0.25) is 0 Å². The third kappa shape index (κ3) is 2.80. The number of halogens is 2. The molecule has 0 amide bonds. The van der Waals surface area contributed by atoms with Gasteiger partial charge in [0.25, 0.3) is 0 Å². The standard InChI is InChI=1S/C16H13Cl2N3O/c1-22-14-7-5-13(6-8-14)21-16(15(10-17)19-20-21)11-3-2-4-12(18)9-11/h2-9H,10H2,1H3. The van der Waals surface area contributed by atoms with Crippen LogP contribution < -0.4 is 4.74 Å². The number of hydrogen-bond donors (Lipinski definition) is 0. The maximum Gasteiger partial charge on any atom is 0.119 e. The Kier molecular flexibility index (Phi) is 4.32. The quantitative estimate of drug-likeness (QED) is 0.667. The molecule has 2 aromatic carbocycles. The van der Waals surface area contributed by atoms with Crippen LogP contribution in [0.3, 0.4) is 0 Å². The molecule has 22 heavy (non-hydrogen) atoms. The van der Waals surface area contributed by atoms with Crippen LogP contribution in [0, 0.1) is 0 Å². The first-order valence-electron chi connectivity index (χ1n) is 6.64. The molecule has 1 heterocycles. The Morgan fingerprint density at radius 2 is 1.91 bits per heavy atom. The van der Waals surface area contributed by atoms with Crippen molar-refractivity contribution in [1.29, 1.82) is 0 Å². The smallest absolute Gasteiger partial charge is 0.119 e. The summed E-state index contributed by atoms with van der Waals surface area (Å²) in [5, 5.41) is 9.04. The number of rotatable bonds is 4. The number of alkyl halides is 1. The maximum absolute atomic E-state index is 6.10. The summed E-state index contributed by atoms with van der Waals surface area (Å²) < 4.78 is 6.93. The summed E-state index contributed by atoms with van der Waals surface area (Å²) in [6.45, 7) is 0. The summed E-state index contributed by atoms with van der Waals surface area (Å²) >= 11 is 12.1. The second-order valence-corrected chi connectivity index (χ2v) is 5.34. The van der Waals surface area contributed by atoms with Crippen molar-refractivity contribution >= 4 is 23.2 Å². The van der Waals surface area contributed by atoms with Gasteiger partial charge in [-0.25, -0.2) is 4.68 Å². The molecule has 6 heteroatoms.